The van der Waals surface area contributed by atoms with E-state index >= 15 is 0 Å². The van der Waals surface area contributed by atoms with Gasteiger partial charge >= 0.3 is 0 Å². The normalized spacial score (nSPS) is 22.7. The van der Waals surface area contributed by atoms with Crippen molar-refractivity contribution in [3.63, 3.8) is 0 Å². The Kier molecular flexibility index (Phi) is 3.64. The van der Waals surface area contributed by atoms with Gasteiger partial charge in [0.2, 0.25) is 5.95 Å². The van der Waals surface area contributed by atoms with Gasteiger partial charge in [0.1, 0.15) is 0 Å². The number of nitrogens with two attached hydrogens (primary N) is 1. The van der Waals surface area contributed by atoms with Gasteiger partial charge in [0.15, 0.2) is 0 Å². The van der Waals surface area contributed by atoms with Gasteiger partial charge in [-0.3, -0.25) is 0 Å². The van der Waals surface area contributed by atoms with Crippen LogP contribution >= 0.6 is 0 Å². The Hall–Kier alpha value is -1.95. The molecule has 1 aromatic carbocycles. The third-order valence-electron chi connectivity index (χ3n) is 4.06. The second kappa shape index (κ2) is 5.58. The van der Waals surface area contributed by atoms with Crippen LogP contribution in [0.2, 0.25) is 0 Å². The van der Waals surface area contributed by atoms with E-state index in [1.54, 1.807) is 4.68 Å². The Morgan fingerprint density at radius 2 is 1.85 bits per heavy atom. The fourth-order valence-electron chi connectivity index (χ4n) is 2.79. The van der Waals surface area contributed by atoms with Crippen LogP contribution in [0.4, 0.5) is 5.95 Å². The molecule has 1 aliphatic rings. The minimum atomic E-state index is 0.352. The molecule has 1 heterocycles. The van der Waals surface area contributed by atoms with Gasteiger partial charge in [-0.1, -0.05) is 23.3 Å². The van der Waals surface area contributed by atoms with Crippen molar-refractivity contribution in [2.75, 3.05) is 11.9 Å². The molecule has 2 aromatic rings. The highest BCUT2D eigenvalue weighted by molar-refractivity contribution is 5.40. The van der Waals surface area contributed by atoms with Crippen molar-refractivity contribution in [2.24, 2.45) is 5.73 Å². The summed E-state index contributed by atoms with van der Waals surface area (Å²) in [5.74, 6) is 0.789. The van der Waals surface area contributed by atoms with Gasteiger partial charge in [-0.05, 0) is 48.2 Å². The first kappa shape index (κ1) is 13.1. The number of hydrogen-bond donors (Lipinski definition) is 1. The SMILES string of the molecule is CN(c1nnnn1-c1ccccc1)C1CCC(N)CC1. The standard InChI is InChI=1S/C14H20N6/c1-19(12-9-7-11(15)8-10-12)14-16-17-18-20(14)13-5-3-2-4-6-13/h2-6,11-12H,7-10,15H2,1H3. The summed E-state index contributed by atoms with van der Waals surface area (Å²) in [5.41, 5.74) is 6.95. The summed E-state index contributed by atoms with van der Waals surface area (Å²) in [5, 5.41) is 12.1. The van der Waals surface area contributed by atoms with Crippen LogP contribution in [0.15, 0.2) is 30.3 Å². The van der Waals surface area contributed by atoms with Gasteiger partial charge in [-0.2, -0.15) is 4.68 Å². The third kappa shape index (κ3) is 2.51. The van der Waals surface area contributed by atoms with E-state index in [0.29, 0.717) is 12.1 Å². The number of benzene rings is 1. The minimum absolute atomic E-state index is 0.352. The zero-order chi connectivity index (χ0) is 13.9. The summed E-state index contributed by atoms with van der Waals surface area (Å²) >= 11 is 0. The van der Waals surface area contributed by atoms with E-state index in [4.69, 9.17) is 5.73 Å². The topological polar surface area (TPSA) is 72.9 Å². The Balaban J connectivity index is 1.82. The maximum absolute atomic E-state index is 5.97. The zero-order valence-corrected chi connectivity index (χ0v) is 11.7. The molecular weight excluding hydrogens is 252 g/mol. The highest BCUT2D eigenvalue weighted by Gasteiger charge is 2.25. The average Bonchev–Trinajstić information content (AvgIpc) is 2.97. The molecule has 0 unspecified atom stereocenters. The molecule has 6 nitrogen and oxygen atoms in total. The number of para-hydroxylation sites is 1. The van der Waals surface area contributed by atoms with Crippen LogP contribution in [-0.4, -0.2) is 39.3 Å². The first-order chi connectivity index (χ1) is 9.75. The van der Waals surface area contributed by atoms with E-state index in [-0.39, 0.29) is 0 Å². The molecule has 2 N–H and O–H groups in total. The van der Waals surface area contributed by atoms with Gasteiger partial charge in [0.05, 0.1) is 5.69 Å². The summed E-state index contributed by atoms with van der Waals surface area (Å²) in [6.45, 7) is 0. The highest BCUT2D eigenvalue weighted by Crippen LogP contribution is 2.25. The lowest BCUT2D eigenvalue weighted by Crippen LogP contribution is -2.39. The van der Waals surface area contributed by atoms with Crippen molar-refractivity contribution in [1.29, 1.82) is 0 Å². The Bertz CT molecular complexity index is 544. The van der Waals surface area contributed by atoms with Crippen LogP contribution in [-0.2, 0) is 0 Å². The number of anilines is 1. The molecule has 0 bridgehead atoms. The second-order valence-electron chi connectivity index (χ2n) is 5.41. The predicted octanol–water partition coefficient (Wildman–Crippen LogP) is 1.37. The van der Waals surface area contributed by atoms with E-state index in [1.165, 1.54) is 0 Å². The summed E-state index contributed by atoms with van der Waals surface area (Å²) in [7, 11) is 2.06. The number of hydrogen-bond acceptors (Lipinski definition) is 5. The largest absolute Gasteiger partial charge is 0.339 e. The molecule has 106 valence electrons. The van der Waals surface area contributed by atoms with Crippen LogP contribution in [0.5, 0.6) is 0 Å². The molecule has 1 fully saturated rings. The maximum Gasteiger partial charge on any atom is 0.250 e. The zero-order valence-electron chi connectivity index (χ0n) is 11.7. The molecule has 0 spiro atoms. The van der Waals surface area contributed by atoms with E-state index in [1.807, 2.05) is 30.3 Å². The fourth-order valence-corrected chi connectivity index (χ4v) is 2.79. The van der Waals surface area contributed by atoms with E-state index in [9.17, 15) is 0 Å². The number of aromatic nitrogens is 4. The van der Waals surface area contributed by atoms with Crippen molar-refractivity contribution < 1.29 is 0 Å². The fraction of sp³-hybridized carbons (Fsp3) is 0.500. The molecule has 0 aliphatic heterocycles. The van der Waals surface area contributed by atoms with E-state index in [2.05, 4.69) is 27.5 Å². The molecular formula is C14H20N6. The molecule has 0 atom stereocenters. The van der Waals surface area contributed by atoms with E-state index < -0.39 is 0 Å². The van der Waals surface area contributed by atoms with Gasteiger partial charge < -0.3 is 10.6 Å². The van der Waals surface area contributed by atoms with Crippen molar-refractivity contribution in [3.8, 4) is 5.69 Å². The predicted molar refractivity (Wildman–Crippen MR) is 77.8 cm³/mol. The number of tetrazole rings is 1. The molecule has 1 aliphatic carbocycles. The Morgan fingerprint density at radius 3 is 2.55 bits per heavy atom. The molecule has 0 radical (unpaired) electrons. The van der Waals surface area contributed by atoms with Crippen LogP contribution in [0.25, 0.3) is 5.69 Å². The van der Waals surface area contributed by atoms with Crippen molar-refractivity contribution in [1.82, 2.24) is 20.2 Å². The van der Waals surface area contributed by atoms with Crippen LogP contribution < -0.4 is 10.6 Å². The van der Waals surface area contributed by atoms with Gasteiger partial charge in [0.25, 0.3) is 0 Å². The second-order valence-corrected chi connectivity index (χ2v) is 5.41. The van der Waals surface area contributed by atoms with Crippen LogP contribution in [0.3, 0.4) is 0 Å². The summed E-state index contributed by atoms with van der Waals surface area (Å²) < 4.78 is 1.79. The van der Waals surface area contributed by atoms with Crippen LogP contribution in [0, 0.1) is 0 Å². The Labute approximate surface area is 118 Å². The summed E-state index contributed by atoms with van der Waals surface area (Å²) in [4.78, 5) is 2.18. The molecule has 0 amide bonds. The molecule has 3 rings (SSSR count). The lowest BCUT2D eigenvalue weighted by molar-refractivity contribution is 0.381. The summed E-state index contributed by atoms with van der Waals surface area (Å²) in [6, 6.07) is 10.8. The van der Waals surface area contributed by atoms with E-state index in [0.717, 1.165) is 37.3 Å². The van der Waals surface area contributed by atoms with Crippen molar-refractivity contribution >= 4 is 5.95 Å². The number of rotatable bonds is 3. The molecule has 0 saturated heterocycles. The quantitative estimate of drug-likeness (QED) is 0.913. The van der Waals surface area contributed by atoms with Crippen LogP contribution in [0.1, 0.15) is 25.7 Å². The Morgan fingerprint density at radius 1 is 1.15 bits per heavy atom. The van der Waals surface area contributed by atoms with Crippen molar-refractivity contribution in [2.45, 2.75) is 37.8 Å². The van der Waals surface area contributed by atoms with Gasteiger partial charge in [0, 0.05) is 19.1 Å². The van der Waals surface area contributed by atoms with Gasteiger partial charge in [-0.25, -0.2) is 0 Å². The lowest BCUT2D eigenvalue weighted by Gasteiger charge is -2.33. The maximum atomic E-state index is 5.97. The lowest BCUT2D eigenvalue weighted by atomic mass is 9.91. The minimum Gasteiger partial charge on any atom is -0.339 e. The third-order valence-corrected chi connectivity index (χ3v) is 4.06. The average molecular weight is 272 g/mol. The van der Waals surface area contributed by atoms with Gasteiger partial charge in [-0.15, -0.1) is 0 Å². The molecule has 1 saturated carbocycles. The molecule has 6 heteroatoms. The monoisotopic (exact) mass is 272 g/mol. The molecule has 20 heavy (non-hydrogen) atoms. The number of nitrogens with zero attached hydrogens (tertiary/aromatic N) is 5. The first-order valence-electron chi connectivity index (χ1n) is 7.08. The van der Waals surface area contributed by atoms with Crippen molar-refractivity contribution in [3.05, 3.63) is 30.3 Å². The smallest absolute Gasteiger partial charge is 0.250 e. The highest BCUT2D eigenvalue weighted by atomic mass is 15.6. The first-order valence-corrected chi connectivity index (χ1v) is 7.08. The molecule has 1 aromatic heterocycles. The summed E-state index contributed by atoms with van der Waals surface area (Å²) in [6.07, 6.45) is 4.34.